The van der Waals surface area contributed by atoms with E-state index in [4.69, 9.17) is 4.99 Å². The molecule has 0 radical (unpaired) electrons. The molecule has 0 saturated carbocycles. The van der Waals surface area contributed by atoms with Crippen molar-refractivity contribution >= 4 is 34.3 Å². The van der Waals surface area contributed by atoms with E-state index >= 15 is 0 Å². The average molecular weight is 530 g/mol. The maximum Gasteiger partial charge on any atom is 0.237 e. The fourth-order valence-electron chi connectivity index (χ4n) is 5.17. The van der Waals surface area contributed by atoms with E-state index in [9.17, 15) is 4.79 Å². The Hall–Kier alpha value is -4.69. The normalized spacial score (nSPS) is 14.2. The zero-order valence-electron chi connectivity index (χ0n) is 22.4. The van der Waals surface area contributed by atoms with Crippen molar-refractivity contribution in [3.8, 4) is 0 Å². The number of hydrogen-bond donors (Lipinski definition) is 1. The average Bonchev–Trinajstić information content (AvgIpc) is 3.50. The van der Waals surface area contributed by atoms with Gasteiger partial charge >= 0.3 is 0 Å². The molecular formula is C32H31N7O. The van der Waals surface area contributed by atoms with E-state index in [1.165, 1.54) is 6.33 Å². The second kappa shape index (κ2) is 11.6. The summed E-state index contributed by atoms with van der Waals surface area (Å²) < 4.78 is 0. The number of aromatic nitrogens is 4. The number of hydrogen-bond acceptors (Lipinski definition) is 6. The number of aliphatic imine (C=N–C) groups is 1. The summed E-state index contributed by atoms with van der Waals surface area (Å²) >= 11 is 0. The van der Waals surface area contributed by atoms with Gasteiger partial charge in [0.1, 0.15) is 17.8 Å². The fourth-order valence-corrected chi connectivity index (χ4v) is 5.17. The predicted octanol–water partition coefficient (Wildman–Crippen LogP) is 5.53. The molecule has 0 unspecified atom stereocenters. The number of fused-ring (bicyclic) bond motifs is 1. The van der Waals surface area contributed by atoms with Crippen molar-refractivity contribution in [1.29, 1.82) is 0 Å². The van der Waals surface area contributed by atoms with Gasteiger partial charge in [0, 0.05) is 42.5 Å². The van der Waals surface area contributed by atoms with Crippen LogP contribution in [-0.2, 0) is 4.79 Å². The summed E-state index contributed by atoms with van der Waals surface area (Å²) in [5.74, 6) is 0.985. The first-order valence-electron chi connectivity index (χ1n) is 13.6. The van der Waals surface area contributed by atoms with Gasteiger partial charge in [-0.1, -0.05) is 66.7 Å². The number of aromatic amines is 1. The molecule has 0 bridgehead atoms. The van der Waals surface area contributed by atoms with Crippen molar-refractivity contribution < 1.29 is 4.79 Å². The minimum Gasteiger partial charge on any atom is -0.346 e. The van der Waals surface area contributed by atoms with Crippen LogP contribution in [-0.4, -0.2) is 56.2 Å². The van der Waals surface area contributed by atoms with E-state index in [2.05, 4.69) is 49.1 Å². The van der Waals surface area contributed by atoms with Crippen LogP contribution in [0.15, 0.2) is 103 Å². The zero-order valence-corrected chi connectivity index (χ0v) is 22.4. The molecule has 1 saturated heterocycles. The molecule has 5 aromatic rings. The molecule has 6 rings (SSSR count). The molecule has 1 amide bonds. The van der Waals surface area contributed by atoms with Crippen LogP contribution in [0, 0.1) is 12.8 Å². The van der Waals surface area contributed by atoms with Gasteiger partial charge in [-0.05, 0) is 37.5 Å². The molecule has 1 aliphatic rings. The van der Waals surface area contributed by atoms with Crippen molar-refractivity contribution in [2.24, 2.45) is 10.9 Å². The number of benzene rings is 2. The van der Waals surface area contributed by atoms with E-state index in [1.807, 2.05) is 67.7 Å². The number of pyridine rings is 1. The third-order valence-corrected chi connectivity index (χ3v) is 7.35. The quantitative estimate of drug-likeness (QED) is 0.280. The molecule has 40 heavy (non-hydrogen) atoms. The second-order valence-electron chi connectivity index (χ2n) is 10.1. The highest BCUT2D eigenvalue weighted by molar-refractivity contribution is 6.12. The van der Waals surface area contributed by atoms with Crippen molar-refractivity contribution in [2.75, 3.05) is 24.7 Å². The van der Waals surface area contributed by atoms with Crippen LogP contribution in [0.4, 0.5) is 11.6 Å². The fraction of sp³-hybridized carbons (Fsp3) is 0.219. The predicted molar refractivity (Wildman–Crippen MR) is 158 cm³/mol. The number of likely N-dealkylation sites (tertiary alicyclic amines) is 1. The number of amides is 1. The highest BCUT2D eigenvalue weighted by Crippen LogP contribution is 2.32. The Kier molecular flexibility index (Phi) is 7.41. The number of nitrogens with zero attached hydrogens (tertiary/aromatic N) is 6. The first kappa shape index (κ1) is 25.6. The maximum absolute atomic E-state index is 14.1. The summed E-state index contributed by atoms with van der Waals surface area (Å²) in [6, 6.07) is 26.3. The Morgan fingerprint density at radius 3 is 2.27 bits per heavy atom. The van der Waals surface area contributed by atoms with Gasteiger partial charge in [0.05, 0.1) is 17.8 Å². The van der Waals surface area contributed by atoms with E-state index in [1.54, 1.807) is 11.1 Å². The molecule has 1 fully saturated rings. The number of H-pyrrole nitrogens is 1. The topological polar surface area (TPSA) is 90.4 Å². The Balaban J connectivity index is 1.20. The van der Waals surface area contributed by atoms with Gasteiger partial charge in [-0.25, -0.2) is 19.9 Å². The van der Waals surface area contributed by atoms with Crippen LogP contribution in [0.25, 0.3) is 11.0 Å². The molecular weight excluding hydrogens is 498 g/mol. The largest absolute Gasteiger partial charge is 0.346 e. The molecule has 4 heterocycles. The zero-order chi connectivity index (χ0) is 27.3. The van der Waals surface area contributed by atoms with Crippen molar-refractivity contribution in [2.45, 2.75) is 19.8 Å². The van der Waals surface area contributed by atoms with Crippen LogP contribution >= 0.6 is 0 Å². The highest BCUT2D eigenvalue weighted by atomic mass is 16.2. The second-order valence-corrected chi connectivity index (χ2v) is 10.1. The summed E-state index contributed by atoms with van der Waals surface area (Å²) in [6.07, 6.45) is 6.56. The van der Waals surface area contributed by atoms with Gasteiger partial charge in [-0.3, -0.25) is 14.7 Å². The lowest BCUT2D eigenvalue weighted by atomic mass is 9.95. The molecule has 200 valence electrons. The van der Waals surface area contributed by atoms with E-state index in [0.29, 0.717) is 24.0 Å². The van der Waals surface area contributed by atoms with Crippen molar-refractivity contribution in [3.63, 3.8) is 0 Å². The number of piperidine rings is 1. The summed E-state index contributed by atoms with van der Waals surface area (Å²) in [4.78, 5) is 39.6. The smallest absolute Gasteiger partial charge is 0.237 e. The lowest BCUT2D eigenvalue weighted by Crippen LogP contribution is -2.41. The van der Waals surface area contributed by atoms with Crippen LogP contribution in [0.3, 0.4) is 0 Å². The summed E-state index contributed by atoms with van der Waals surface area (Å²) in [5.41, 5.74) is 4.90. The van der Waals surface area contributed by atoms with Crippen molar-refractivity contribution in [1.82, 2.24) is 24.8 Å². The number of carbonyl (C=O) groups is 1. The molecule has 0 aliphatic carbocycles. The minimum absolute atomic E-state index is 0.00923. The van der Waals surface area contributed by atoms with Gasteiger partial charge in [0.2, 0.25) is 5.91 Å². The van der Waals surface area contributed by atoms with E-state index in [0.717, 1.165) is 53.7 Å². The summed E-state index contributed by atoms with van der Waals surface area (Å²) in [6.45, 7) is 4.14. The minimum atomic E-state index is -0.144. The molecule has 3 aromatic heterocycles. The van der Waals surface area contributed by atoms with Gasteiger partial charge in [-0.2, -0.15) is 0 Å². The highest BCUT2D eigenvalue weighted by Gasteiger charge is 2.32. The molecule has 2 aromatic carbocycles. The molecule has 8 nitrogen and oxygen atoms in total. The standard InChI is InChI=1S/C32H31N7O/c1-23-12-13-28(34-20-23)39(31-27-14-17-33-30(27)35-21-36-31)32(40)26-15-18-38(19-16-26)22-37-29(24-8-4-2-5-9-24)25-10-6-3-7-11-25/h2-14,17,20-21,26H,15-16,18-19,22H2,1H3,(H,33,35,36). The molecule has 8 heteroatoms. The molecule has 0 spiro atoms. The van der Waals surface area contributed by atoms with Crippen LogP contribution < -0.4 is 4.90 Å². The molecule has 0 atom stereocenters. The first-order chi connectivity index (χ1) is 19.7. The number of carbonyl (C=O) groups excluding carboxylic acids is 1. The van der Waals surface area contributed by atoms with E-state index < -0.39 is 0 Å². The summed E-state index contributed by atoms with van der Waals surface area (Å²) in [7, 11) is 0. The van der Waals surface area contributed by atoms with Crippen LogP contribution in [0.2, 0.25) is 0 Å². The van der Waals surface area contributed by atoms with Gasteiger partial charge in [-0.15, -0.1) is 0 Å². The maximum atomic E-state index is 14.1. The van der Waals surface area contributed by atoms with Gasteiger partial charge in [0.15, 0.2) is 5.82 Å². The van der Waals surface area contributed by atoms with Crippen molar-refractivity contribution in [3.05, 3.63) is 114 Å². The Morgan fingerprint density at radius 2 is 1.62 bits per heavy atom. The number of aryl methyl sites for hydroxylation is 1. The lowest BCUT2D eigenvalue weighted by molar-refractivity contribution is -0.123. The number of nitrogens with one attached hydrogen (secondary N) is 1. The Bertz CT molecular complexity index is 1560. The third kappa shape index (κ3) is 5.39. The Labute approximate surface area is 233 Å². The number of rotatable bonds is 7. The van der Waals surface area contributed by atoms with Gasteiger partial charge in [0.25, 0.3) is 0 Å². The van der Waals surface area contributed by atoms with Crippen LogP contribution in [0.5, 0.6) is 0 Å². The Morgan fingerprint density at radius 1 is 0.925 bits per heavy atom. The first-order valence-corrected chi connectivity index (χ1v) is 13.6. The van der Waals surface area contributed by atoms with Crippen LogP contribution in [0.1, 0.15) is 29.5 Å². The SMILES string of the molecule is Cc1ccc(N(C(=O)C2CCN(CN=C(c3ccccc3)c3ccccc3)CC2)c2ncnc3[nH]ccc23)nc1. The number of anilines is 2. The molecule has 1 N–H and O–H groups in total. The van der Waals surface area contributed by atoms with Gasteiger partial charge < -0.3 is 4.98 Å². The lowest BCUT2D eigenvalue weighted by Gasteiger charge is -2.33. The molecule has 1 aliphatic heterocycles. The summed E-state index contributed by atoms with van der Waals surface area (Å²) in [5, 5.41) is 0.791. The monoisotopic (exact) mass is 529 g/mol. The third-order valence-electron chi connectivity index (χ3n) is 7.35. The van der Waals surface area contributed by atoms with E-state index in [-0.39, 0.29) is 11.8 Å².